The molecule has 0 saturated heterocycles. The van der Waals surface area contributed by atoms with Crippen LogP contribution < -0.4 is 10.2 Å². The highest BCUT2D eigenvalue weighted by Crippen LogP contribution is 2.27. The van der Waals surface area contributed by atoms with Crippen molar-refractivity contribution in [2.75, 3.05) is 24.5 Å². The molecule has 1 heterocycles. The number of anilines is 1. The van der Waals surface area contributed by atoms with E-state index in [2.05, 4.69) is 28.4 Å². The lowest BCUT2D eigenvalue weighted by Gasteiger charge is -2.18. The summed E-state index contributed by atoms with van der Waals surface area (Å²) >= 11 is 0. The summed E-state index contributed by atoms with van der Waals surface area (Å²) in [5, 5.41) is 2.93. The summed E-state index contributed by atoms with van der Waals surface area (Å²) in [4.78, 5) is 14.2. The number of halogens is 1. The summed E-state index contributed by atoms with van der Waals surface area (Å²) in [5.74, 6) is -0.167. The fourth-order valence-electron chi connectivity index (χ4n) is 2.96. The van der Waals surface area contributed by atoms with Gasteiger partial charge >= 0.3 is 0 Å². The van der Waals surface area contributed by atoms with Gasteiger partial charge in [-0.15, -0.1) is 0 Å². The average molecular weight is 312 g/mol. The first-order chi connectivity index (χ1) is 11.2. The van der Waals surface area contributed by atoms with Crippen LogP contribution in [0.5, 0.6) is 0 Å². The summed E-state index contributed by atoms with van der Waals surface area (Å²) in [6.45, 7) is 2.32. The lowest BCUT2D eigenvalue weighted by atomic mass is 10.1. The maximum absolute atomic E-state index is 12.8. The normalized spacial score (nSPS) is 13.0. The second kappa shape index (κ2) is 7.27. The number of rotatable bonds is 6. The monoisotopic (exact) mass is 312 g/mol. The highest BCUT2D eigenvalue weighted by Gasteiger charge is 2.18. The molecule has 2 aromatic carbocycles. The van der Waals surface area contributed by atoms with Crippen molar-refractivity contribution in [3.63, 3.8) is 0 Å². The zero-order valence-corrected chi connectivity index (χ0v) is 13.1. The van der Waals surface area contributed by atoms with E-state index in [9.17, 15) is 9.18 Å². The second-order valence-corrected chi connectivity index (χ2v) is 5.84. The van der Waals surface area contributed by atoms with Crippen molar-refractivity contribution in [3.05, 3.63) is 65.5 Å². The molecule has 0 aromatic heterocycles. The Bertz CT molecular complexity index is 669. The number of hydrogen-bond donors (Lipinski definition) is 1. The number of para-hydroxylation sites is 1. The van der Waals surface area contributed by atoms with Crippen molar-refractivity contribution in [3.8, 4) is 0 Å². The van der Waals surface area contributed by atoms with Crippen LogP contribution in [0.4, 0.5) is 10.1 Å². The van der Waals surface area contributed by atoms with Crippen LogP contribution in [-0.2, 0) is 17.6 Å². The van der Waals surface area contributed by atoms with Gasteiger partial charge in [-0.2, -0.15) is 0 Å². The lowest BCUT2D eigenvalue weighted by Crippen LogP contribution is -2.31. The largest absolute Gasteiger partial charge is 0.370 e. The van der Waals surface area contributed by atoms with Gasteiger partial charge in [0.25, 0.3) is 0 Å². The molecule has 0 aliphatic carbocycles. The molecule has 120 valence electrons. The van der Waals surface area contributed by atoms with Gasteiger partial charge in [0.05, 0.1) is 0 Å². The van der Waals surface area contributed by atoms with Crippen molar-refractivity contribution in [2.24, 2.45) is 0 Å². The van der Waals surface area contributed by atoms with E-state index in [1.807, 2.05) is 6.07 Å². The summed E-state index contributed by atoms with van der Waals surface area (Å²) in [7, 11) is 0. The number of nitrogens with zero attached hydrogens (tertiary/aromatic N) is 1. The molecule has 1 aliphatic rings. The Labute approximate surface area is 136 Å². The predicted molar refractivity (Wildman–Crippen MR) is 90.1 cm³/mol. The number of hydrogen-bond acceptors (Lipinski definition) is 2. The zero-order chi connectivity index (χ0) is 16.1. The smallest absolute Gasteiger partial charge is 0.221 e. The standard InChI is InChI=1S/C19H21FN2O/c20-17-7-5-15(6-8-17)9-12-21-19(23)11-14-22-13-10-16-3-1-2-4-18(16)22/h1-8H,9-14H2,(H,21,23). The summed E-state index contributed by atoms with van der Waals surface area (Å²) in [6, 6.07) is 14.8. The number of fused-ring (bicyclic) bond motifs is 1. The van der Waals surface area contributed by atoms with E-state index in [4.69, 9.17) is 0 Å². The summed E-state index contributed by atoms with van der Waals surface area (Å²) in [5.41, 5.74) is 3.65. The van der Waals surface area contributed by atoms with Crippen molar-refractivity contribution in [2.45, 2.75) is 19.3 Å². The molecule has 0 unspecified atom stereocenters. The lowest BCUT2D eigenvalue weighted by molar-refractivity contribution is -0.120. The minimum atomic E-state index is -0.233. The molecule has 0 spiro atoms. The molecule has 0 saturated carbocycles. The summed E-state index contributed by atoms with van der Waals surface area (Å²) in [6.07, 6.45) is 2.28. The van der Waals surface area contributed by atoms with Gasteiger partial charge in [0.2, 0.25) is 5.91 Å². The van der Waals surface area contributed by atoms with Gasteiger partial charge in [0, 0.05) is 31.7 Å². The van der Waals surface area contributed by atoms with Crippen molar-refractivity contribution in [1.29, 1.82) is 0 Å². The molecule has 3 nitrogen and oxygen atoms in total. The van der Waals surface area contributed by atoms with Crippen LogP contribution in [0.1, 0.15) is 17.5 Å². The Kier molecular flexibility index (Phi) is 4.91. The molecular weight excluding hydrogens is 291 g/mol. The van der Waals surface area contributed by atoms with Crippen LogP contribution in [0.3, 0.4) is 0 Å². The van der Waals surface area contributed by atoms with Gasteiger partial charge in [-0.3, -0.25) is 4.79 Å². The number of benzene rings is 2. The predicted octanol–water partition coefficient (Wildman–Crippen LogP) is 2.94. The molecule has 0 radical (unpaired) electrons. The number of nitrogens with one attached hydrogen (secondary N) is 1. The highest BCUT2D eigenvalue weighted by atomic mass is 19.1. The third-order valence-electron chi connectivity index (χ3n) is 4.24. The molecule has 1 amide bonds. The number of carbonyl (C=O) groups is 1. The van der Waals surface area contributed by atoms with E-state index in [0.717, 1.165) is 31.5 Å². The number of carbonyl (C=O) groups excluding carboxylic acids is 1. The molecule has 4 heteroatoms. The first-order valence-corrected chi connectivity index (χ1v) is 8.06. The minimum absolute atomic E-state index is 0.0662. The third kappa shape index (κ3) is 4.09. The molecule has 3 rings (SSSR count). The van der Waals surface area contributed by atoms with Crippen LogP contribution in [-0.4, -0.2) is 25.5 Å². The third-order valence-corrected chi connectivity index (χ3v) is 4.24. The molecular formula is C19H21FN2O. The van der Waals surface area contributed by atoms with Crippen LogP contribution in [0.25, 0.3) is 0 Å². The fourth-order valence-corrected chi connectivity index (χ4v) is 2.96. The van der Waals surface area contributed by atoms with Gasteiger partial charge in [-0.1, -0.05) is 30.3 Å². The maximum atomic E-state index is 12.8. The van der Waals surface area contributed by atoms with E-state index in [0.29, 0.717) is 13.0 Å². The van der Waals surface area contributed by atoms with Crippen LogP contribution in [0.2, 0.25) is 0 Å². The van der Waals surface area contributed by atoms with Crippen LogP contribution in [0.15, 0.2) is 48.5 Å². The Morgan fingerprint density at radius 2 is 1.91 bits per heavy atom. The maximum Gasteiger partial charge on any atom is 0.221 e. The quantitative estimate of drug-likeness (QED) is 0.889. The number of amides is 1. The Morgan fingerprint density at radius 1 is 1.13 bits per heavy atom. The highest BCUT2D eigenvalue weighted by molar-refractivity contribution is 5.76. The average Bonchev–Trinajstić information content (AvgIpc) is 2.98. The van der Waals surface area contributed by atoms with Crippen LogP contribution in [0, 0.1) is 5.82 Å². The van der Waals surface area contributed by atoms with E-state index in [1.165, 1.54) is 23.4 Å². The molecule has 1 aliphatic heterocycles. The Balaban J connectivity index is 1.39. The molecule has 23 heavy (non-hydrogen) atoms. The van der Waals surface area contributed by atoms with Gasteiger partial charge in [0.1, 0.15) is 5.82 Å². The molecule has 0 atom stereocenters. The van der Waals surface area contributed by atoms with Gasteiger partial charge in [-0.05, 0) is 42.2 Å². The second-order valence-electron chi connectivity index (χ2n) is 5.84. The van der Waals surface area contributed by atoms with E-state index >= 15 is 0 Å². The summed E-state index contributed by atoms with van der Waals surface area (Å²) < 4.78 is 12.8. The van der Waals surface area contributed by atoms with Crippen molar-refractivity contribution >= 4 is 11.6 Å². The van der Waals surface area contributed by atoms with Crippen LogP contribution >= 0.6 is 0 Å². The first kappa shape index (κ1) is 15.5. The van der Waals surface area contributed by atoms with E-state index in [1.54, 1.807) is 12.1 Å². The SMILES string of the molecule is O=C(CCN1CCc2ccccc21)NCCc1ccc(F)cc1. The molecule has 0 fully saturated rings. The first-order valence-electron chi connectivity index (χ1n) is 8.06. The topological polar surface area (TPSA) is 32.3 Å². The molecule has 0 bridgehead atoms. The van der Waals surface area contributed by atoms with E-state index < -0.39 is 0 Å². The van der Waals surface area contributed by atoms with Crippen molar-refractivity contribution < 1.29 is 9.18 Å². The van der Waals surface area contributed by atoms with Gasteiger partial charge in [0.15, 0.2) is 0 Å². The van der Waals surface area contributed by atoms with E-state index in [-0.39, 0.29) is 11.7 Å². The Morgan fingerprint density at radius 3 is 2.74 bits per heavy atom. The molecule has 2 aromatic rings. The Hall–Kier alpha value is -2.36. The zero-order valence-electron chi connectivity index (χ0n) is 13.1. The van der Waals surface area contributed by atoms with Crippen molar-refractivity contribution in [1.82, 2.24) is 5.32 Å². The van der Waals surface area contributed by atoms with Gasteiger partial charge < -0.3 is 10.2 Å². The fraction of sp³-hybridized carbons (Fsp3) is 0.316. The minimum Gasteiger partial charge on any atom is -0.370 e. The van der Waals surface area contributed by atoms with Gasteiger partial charge in [-0.25, -0.2) is 4.39 Å². The molecule has 1 N–H and O–H groups in total.